The molecule has 4 aliphatic rings. The normalized spacial score (nSPS) is 37.7. The van der Waals surface area contributed by atoms with Crippen LogP contribution in [0.4, 0.5) is 0 Å². The smallest absolute Gasteiger partial charge is 0.310 e. The van der Waals surface area contributed by atoms with E-state index in [4.69, 9.17) is 14.2 Å². The molecular formula is C31H45NO4. The molecule has 1 aromatic rings. The van der Waals surface area contributed by atoms with Crippen LogP contribution in [-0.2, 0) is 19.7 Å². The maximum atomic E-state index is 12.9. The molecule has 198 valence electrons. The molecule has 4 fully saturated rings. The highest BCUT2D eigenvalue weighted by Gasteiger charge is 2.55. The molecule has 0 spiro atoms. The van der Waals surface area contributed by atoms with E-state index in [9.17, 15) is 4.79 Å². The number of ether oxygens (including phenoxy) is 3. The summed E-state index contributed by atoms with van der Waals surface area (Å²) >= 11 is 0. The average molecular weight is 496 g/mol. The Morgan fingerprint density at radius 1 is 1.17 bits per heavy atom. The van der Waals surface area contributed by atoms with Crippen molar-refractivity contribution in [1.29, 1.82) is 0 Å². The summed E-state index contributed by atoms with van der Waals surface area (Å²) in [5.74, 6) is 1.69. The predicted molar refractivity (Wildman–Crippen MR) is 142 cm³/mol. The number of methoxy groups -OCH3 is 1. The van der Waals surface area contributed by atoms with Crippen LogP contribution in [0.2, 0.25) is 0 Å². The van der Waals surface area contributed by atoms with Crippen LogP contribution >= 0.6 is 0 Å². The van der Waals surface area contributed by atoms with E-state index < -0.39 is 0 Å². The van der Waals surface area contributed by atoms with Crippen molar-refractivity contribution in [2.45, 2.75) is 89.3 Å². The topological polar surface area (TPSA) is 56.8 Å². The van der Waals surface area contributed by atoms with Crippen molar-refractivity contribution in [3.8, 4) is 5.75 Å². The Morgan fingerprint density at radius 2 is 1.94 bits per heavy atom. The minimum Gasteiger partial charge on any atom is -0.497 e. The molecule has 0 bridgehead atoms. The predicted octanol–water partition coefficient (Wildman–Crippen LogP) is 5.82. The van der Waals surface area contributed by atoms with Crippen molar-refractivity contribution in [2.24, 2.45) is 23.2 Å². The first-order valence-electron chi connectivity index (χ1n) is 14.0. The van der Waals surface area contributed by atoms with Crippen molar-refractivity contribution < 1.29 is 19.0 Å². The van der Waals surface area contributed by atoms with Crippen LogP contribution in [-0.4, -0.2) is 44.5 Å². The van der Waals surface area contributed by atoms with Crippen molar-refractivity contribution >= 4 is 5.97 Å². The Morgan fingerprint density at radius 3 is 2.67 bits per heavy atom. The number of hydrogen-bond donors (Lipinski definition) is 1. The van der Waals surface area contributed by atoms with Crippen LogP contribution in [0.5, 0.6) is 5.75 Å². The number of allylic oxidation sites excluding steroid dienone is 1. The quantitative estimate of drug-likeness (QED) is 0.294. The van der Waals surface area contributed by atoms with E-state index in [-0.39, 0.29) is 34.4 Å². The highest BCUT2D eigenvalue weighted by Crippen LogP contribution is 2.56. The van der Waals surface area contributed by atoms with Crippen LogP contribution in [0.25, 0.3) is 0 Å². The summed E-state index contributed by atoms with van der Waals surface area (Å²) in [5, 5.41) is 3.69. The first-order valence-corrected chi connectivity index (χ1v) is 14.0. The summed E-state index contributed by atoms with van der Waals surface area (Å²) < 4.78 is 17.5. The number of nitrogens with one attached hydrogen (secondary N) is 1. The Bertz CT molecular complexity index is 971. The lowest BCUT2D eigenvalue weighted by Crippen LogP contribution is -2.46. The van der Waals surface area contributed by atoms with Gasteiger partial charge in [-0.1, -0.05) is 31.2 Å². The van der Waals surface area contributed by atoms with Gasteiger partial charge in [-0.3, -0.25) is 4.79 Å². The van der Waals surface area contributed by atoms with Crippen LogP contribution in [0.1, 0.15) is 77.7 Å². The van der Waals surface area contributed by atoms with Gasteiger partial charge in [0.05, 0.1) is 18.6 Å². The molecular weight excluding hydrogens is 450 g/mol. The molecule has 36 heavy (non-hydrogen) atoms. The maximum absolute atomic E-state index is 12.9. The summed E-state index contributed by atoms with van der Waals surface area (Å²) in [6, 6.07) is 8.57. The molecule has 2 saturated heterocycles. The van der Waals surface area contributed by atoms with E-state index in [2.05, 4.69) is 56.9 Å². The third-order valence-electron chi connectivity index (χ3n) is 10.0. The minimum absolute atomic E-state index is 0.00225. The van der Waals surface area contributed by atoms with Crippen molar-refractivity contribution in [3.63, 3.8) is 0 Å². The lowest BCUT2D eigenvalue weighted by Gasteiger charge is -2.50. The Balaban J connectivity index is 1.24. The average Bonchev–Trinajstić information content (AvgIpc) is 3.13. The van der Waals surface area contributed by atoms with Crippen molar-refractivity contribution in [2.75, 3.05) is 26.8 Å². The molecule has 0 amide bonds. The van der Waals surface area contributed by atoms with E-state index >= 15 is 0 Å². The highest BCUT2D eigenvalue weighted by molar-refractivity contribution is 5.75. The number of hydrogen-bond acceptors (Lipinski definition) is 5. The van der Waals surface area contributed by atoms with Crippen LogP contribution in [0.3, 0.4) is 0 Å². The van der Waals surface area contributed by atoms with Crippen molar-refractivity contribution in [1.82, 2.24) is 5.32 Å². The second-order valence-electron chi connectivity index (χ2n) is 12.9. The zero-order chi connectivity index (χ0) is 25.6. The fraction of sp³-hybridized carbons (Fsp3) is 0.710. The zero-order valence-electron chi connectivity index (χ0n) is 22.7. The van der Waals surface area contributed by atoms with E-state index in [1.54, 1.807) is 7.11 Å². The molecule has 1 aromatic carbocycles. The van der Waals surface area contributed by atoms with Gasteiger partial charge in [-0.15, -0.1) is 0 Å². The summed E-state index contributed by atoms with van der Waals surface area (Å²) in [5.41, 5.74) is 2.89. The van der Waals surface area contributed by atoms with Gasteiger partial charge in [-0.05, 0) is 101 Å². The molecule has 2 aliphatic heterocycles. The van der Waals surface area contributed by atoms with Crippen LogP contribution in [0.15, 0.2) is 36.4 Å². The highest BCUT2D eigenvalue weighted by atomic mass is 16.6. The summed E-state index contributed by atoms with van der Waals surface area (Å²) in [6.07, 6.45) is 8.73. The minimum atomic E-state index is -0.155. The Hall–Kier alpha value is -1.85. The third-order valence-corrected chi connectivity index (χ3v) is 10.0. The SMILES string of the molecule is C=C1CCC[C@]2(C)C[C@H]3OC(=O)[C@H](CNCC[C@@]4(c5ccc(OC)cc5)CCOC(C)(C)C4)[C@@H]3C[C@H]12. The number of benzene rings is 1. The molecule has 1 N–H and O–H groups in total. The van der Waals surface area contributed by atoms with E-state index in [1.165, 1.54) is 24.0 Å². The molecule has 5 heteroatoms. The molecule has 0 unspecified atom stereocenters. The summed E-state index contributed by atoms with van der Waals surface area (Å²) in [6.45, 7) is 13.6. The van der Waals surface area contributed by atoms with Gasteiger partial charge < -0.3 is 19.5 Å². The van der Waals surface area contributed by atoms with E-state index in [0.29, 0.717) is 18.4 Å². The number of rotatable bonds is 7. The maximum Gasteiger partial charge on any atom is 0.310 e. The van der Waals surface area contributed by atoms with Gasteiger partial charge >= 0.3 is 5.97 Å². The second-order valence-corrected chi connectivity index (χ2v) is 12.9. The first kappa shape index (κ1) is 25.8. The summed E-state index contributed by atoms with van der Waals surface area (Å²) in [4.78, 5) is 12.9. The summed E-state index contributed by atoms with van der Waals surface area (Å²) in [7, 11) is 1.71. The molecule has 6 atom stereocenters. The zero-order valence-corrected chi connectivity index (χ0v) is 22.7. The molecule has 0 aromatic heterocycles. The first-order chi connectivity index (χ1) is 17.1. The van der Waals surface area contributed by atoms with Gasteiger partial charge in [0.15, 0.2) is 0 Å². The lowest BCUT2D eigenvalue weighted by molar-refractivity contribution is -0.146. The van der Waals surface area contributed by atoms with Gasteiger partial charge in [-0.25, -0.2) is 0 Å². The van der Waals surface area contributed by atoms with E-state index in [1.807, 2.05) is 0 Å². The van der Waals surface area contributed by atoms with Crippen molar-refractivity contribution in [3.05, 3.63) is 42.0 Å². The van der Waals surface area contributed by atoms with E-state index in [0.717, 1.165) is 57.4 Å². The fourth-order valence-electron chi connectivity index (χ4n) is 8.10. The monoisotopic (exact) mass is 495 g/mol. The van der Waals surface area contributed by atoms with Gasteiger partial charge in [0, 0.05) is 24.5 Å². The Labute approximate surface area is 217 Å². The largest absolute Gasteiger partial charge is 0.497 e. The fourth-order valence-corrected chi connectivity index (χ4v) is 8.10. The lowest BCUT2D eigenvalue weighted by atomic mass is 9.55. The Kier molecular flexibility index (Phi) is 7.01. The standard InChI is InChI=1S/C31H45NO4/c1-21-7-6-12-30(4)18-27-24(17-26(21)30)25(28(33)36-27)19-32-15-13-31(14-16-35-29(2,3)20-31)22-8-10-23(34-5)11-9-22/h8-11,24-27,32H,1,6-7,12-20H2,2-5H3/t24-,25+,26+,27+,30+,31+/m0/s1. The van der Waals surface area contributed by atoms with Crippen LogP contribution in [0, 0.1) is 23.2 Å². The second kappa shape index (κ2) is 9.79. The molecule has 5 rings (SSSR count). The number of carbonyl (C=O) groups is 1. The molecule has 0 radical (unpaired) electrons. The van der Waals surface area contributed by atoms with Gasteiger partial charge in [0.2, 0.25) is 0 Å². The number of fused-ring (bicyclic) bond motifs is 2. The van der Waals surface area contributed by atoms with Gasteiger partial charge in [0.25, 0.3) is 0 Å². The number of carbonyl (C=O) groups excluding carboxylic acids is 1. The molecule has 2 aliphatic carbocycles. The van der Waals surface area contributed by atoms with Gasteiger partial charge in [0.1, 0.15) is 11.9 Å². The molecule has 2 saturated carbocycles. The molecule has 5 nitrogen and oxygen atoms in total. The molecule has 2 heterocycles. The van der Waals surface area contributed by atoms with Crippen LogP contribution < -0.4 is 10.1 Å². The van der Waals surface area contributed by atoms with Gasteiger partial charge in [-0.2, -0.15) is 0 Å². The number of esters is 1. The third kappa shape index (κ3) is 4.86.